The van der Waals surface area contributed by atoms with E-state index < -0.39 is 0 Å². The number of phenols is 1. The summed E-state index contributed by atoms with van der Waals surface area (Å²) in [6.07, 6.45) is 4.11. The topological polar surface area (TPSA) is 62.2 Å². The van der Waals surface area contributed by atoms with Gasteiger partial charge >= 0.3 is 0 Å². The Morgan fingerprint density at radius 2 is 2.00 bits per heavy atom. The van der Waals surface area contributed by atoms with Crippen LogP contribution in [0.25, 0.3) is 10.9 Å². The van der Waals surface area contributed by atoms with E-state index >= 15 is 0 Å². The average molecular weight is 342 g/mol. The number of allylic oxidation sites excluding steroid dienone is 2. The zero-order chi connectivity index (χ0) is 17.7. The van der Waals surface area contributed by atoms with Crippen LogP contribution in [-0.4, -0.2) is 15.9 Å². The number of benzene rings is 2. The van der Waals surface area contributed by atoms with Gasteiger partial charge < -0.3 is 10.4 Å². The van der Waals surface area contributed by atoms with Crippen molar-refractivity contribution in [2.45, 2.75) is 25.2 Å². The van der Waals surface area contributed by atoms with Crippen molar-refractivity contribution in [1.82, 2.24) is 4.98 Å². The summed E-state index contributed by atoms with van der Waals surface area (Å²) >= 11 is 0. The second kappa shape index (κ2) is 5.70. The van der Waals surface area contributed by atoms with E-state index in [4.69, 9.17) is 0 Å². The molecule has 1 aliphatic heterocycles. The minimum absolute atomic E-state index is 0.186. The van der Waals surface area contributed by atoms with Crippen molar-refractivity contribution in [2.24, 2.45) is 0 Å². The first-order valence-corrected chi connectivity index (χ1v) is 8.92. The maximum atomic E-state index is 12.9. The van der Waals surface area contributed by atoms with Crippen LogP contribution in [0.4, 0.5) is 5.69 Å². The van der Waals surface area contributed by atoms with Crippen LogP contribution in [0.5, 0.6) is 5.75 Å². The smallest absolute Gasteiger partial charge is 0.161 e. The van der Waals surface area contributed by atoms with Crippen LogP contribution in [0.1, 0.15) is 36.3 Å². The Bertz CT molecular complexity index is 1080. The van der Waals surface area contributed by atoms with Gasteiger partial charge in [0.1, 0.15) is 5.75 Å². The average Bonchev–Trinajstić information content (AvgIpc) is 2.66. The van der Waals surface area contributed by atoms with Crippen molar-refractivity contribution < 1.29 is 9.90 Å². The number of hydrogen-bond acceptors (Lipinski definition) is 4. The first-order chi connectivity index (χ1) is 12.7. The molecule has 3 aromatic rings. The first kappa shape index (κ1) is 15.1. The van der Waals surface area contributed by atoms with Crippen LogP contribution in [0, 0.1) is 0 Å². The van der Waals surface area contributed by atoms with E-state index in [1.807, 2.05) is 30.3 Å². The number of ketones is 1. The highest BCUT2D eigenvalue weighted by Gasteiger charge is 2.36. The van der Waals surface area contributed by atoms with E-state index in [9.17, 15) is 9.90 Å². The molecule has 1 aliphatic carbocycles. The number of aromatic hydroxyl groups is 1. The third kappa shape index (κ3) is 2.22. The van der Waals surface area contributed by atoms with E-state index in [2.05, 4.69) is 16.4 Å². The van der Waals surface area contributed by atoms with E-state index in [1.54, 1.807) is 18.3 Å². The summed E-state index contributed by atoms with van der Waals surface area (Å²) < 4.78 is 0. The molecule has 0 fully saturated rings. The Balaban J connectivity index is 1.85. The SMILES string of the molecule is O=C1CCCC2=C1[C@H](c1cccc(O)c1)c1c(ccc3ncccc13)N2. The molecule has 4 heteroatoms. The minimum Gasteiger partial charge on any atom is -0.508 e. The lowest BCUT2D eigenvalue weighted by Gasteiger charge is -2.34. The molecule has 128 valence electrons. The molecule has 0 unspecified atom stereocenters. The van der Waals surface area contributed by atoms with Crippen LogP contribution < -0.4 is 5.32 Å². The van der Waals surface area contributed by atoms with Crippen molar-refractivity contribution in [3.63, 3.8) is 0 Å². The van der Waals surface area contributed by atoms with E-state index in [0.717, 1.165) is 51.8 Å². The van der Waals surface area contributed by atoms with Gasteiger partial charge in [-0.2, -0.15) is 0 Å². The van der Waals surface area contributed by atoms with Gasteiger partial charge in [0.2, 0.25) is 0 Å². The molecule has 4 nitrogen and oxygen atoms in total. The highest BCUT2D eigenvalue weighted by molar-refractivity contribution is 6.03. The third-order valence-corrected chi connectivity index (χ3v) is 5.35. The van der Waals surface area contributed by atoms with E-state index in [1.165, 1.54) is 0 Å². The number of hydrogen-bond donors (Lipinski definition) is 2. The standard InChI is InChI=1S/C22H18N2O2/c25-14-5-1-4-13(12-14)20-21-15-6-3-11-23-16(15)9-10-18(21)24-17-7-2-8-19(26)22(17)20/h1,3-6,9-12,20,24-25H,2,7-8H2/t20-/m1/s1. The van der Waals surface area contributed by atoms with Crippen LogP contribution in [0.3, 0.4) is 0 Å². The van der Waals surface area contributed by atoms with Crippen molar-refractivity contribution in [1.29, 1.82) is 0 Å². The zero-order valence-electron chi connectivity index (χ0n) is 14.2. The molecule has 1 aromatic heterocycles. The summed E-state index contributed by atoms with van der Waals surface area (Å²) in [5, 5.41) is 14.6. The number of anilines is 1. The van der Waals surface area contributed by atoms with Crippen molar-refractivity contribution in [3.8, 4) is 5.75 Å². The van der Waals surface area contributed by atoms with Gasteiger partial charge in [-0.25, -0.2) is 0 Å². The van der Waals surface area contributed by atoms with Crippen LogP contribution in [0.2, 0.25) is 0 Å². The molecule has 2 N–H and O–H groups in total. The van der Waals surface area contributed by atoms with Gasteiger partial charge in [-0.3, -0.25) is 9.78 Å². The van der Waals surface area contributed by atoms with Gasteiger partial charge in [-0.15, -0.1) is 0 Å². The van der Waals surface area contributed by atoms with Gasteiger partial charge in [-0.05, 0) is 54.3 Å². The summed E-state index contributed by atoms with van der Waals surface area (Å²) in [7, 11) is 0. The molecule has 0 amide bonds. The fourth-order valence-electron chi connectivity index (χ4n) is 4.27. The predicted octanol–water partition coefficient (Wildman–Crippen LogP) is 4.50. The van der Waals surface area contributed by atoms with E-state index in [0.29, 0.717) is 6.42 Å². The number of carbonyl (C=O) groups is 1. The second-order valence-corrected chi connectivity index (χ2v) is 6.92. The molecule has 26 heavy (non-hydrogen) atoms. The quantitative estimate of drug-likeness (QED) is 0.683. The predicted molar refractivity (Wildman–Crippen MR) is 101 cm³/mol. The van der Waals surface area contributed by atoms with Crippen LogP contribution in [0.15, 0.2) is 66.0 Å². The molecule has 0 radical (unpaired) electrons. The zero-order valence-corrected chi connectivity index (χ0v) is 14.2. The van der Waals surface area contributed by atoms with Gasteiger partial charge in [-0.1, -0.05) is 18.2 Å². The van der Waals surface area contributed by atoms with Gasteiger partial charge in [0.05, 0.1) is 5.52 Å². The molecule has 0 saturated carbocycles. The molecule has 0 saturated heterocycles. The summed E-state index contributed by atoms with van der Waals surface area (Å²) in [6, 6.07) is 15.3. The Kier molecular flexibility index (Phi) is 3.32. The summed E-state index contributed by atoms with van der Waals surface area (Å²) in [4.78, 5) is 17.3. The van der Waals surface area contributed by atoms with E-state index in [-0.39, 0.29) is 17.5 Å². The monoisotopic (exact) mass is 342 g/mol. The highest BCUT2D eigenvalue weighted by atomic mass is 16.3. The fourth-order valence-corrected chi connectivity index (χ4v) is 4.27. The number of rotatable bonds is 1. The number of carbonyl (C=O) groups excluding carboxylic acids is 1. The highest BCUT2D eigenvalue weighted by Crippen LogP contribution is 2.48. The molecule has 2 aliphatic rings. The molecule has 2 aromatic carbocycles. The van der Waals surface area contributed by atoms with Crippen LogP contribution >= 0.6 is 0 Å². The first-order valence-electron chi connectivity index (χ1n) is 8.92. The number of aromatic nitrogens is 1. The lowest BCUT2D eigenvalue weighted by atomic mass is 9.74. The lowest BCUT2D eigenvalue weighted by molar-refractivity contribution is -0.116. The molecule has 5 rings (SSSR count). The second-order valence-electron chi connectivity index (χ2n) is 6.92. The molecular formula is C22H18N2O2. The lowest BCUT2D eigenvalue weighted by Crippen LogP contribution is -2.27. The largest absolute Gasteiger partial charge is 0.508 e. The normalized spacial score (nSPS) is 19.1. The van der Waals surface area contributed by atoms with Crippen molar-refractivity contribution in [2.75, 3.05) is 5.32 Å². The van der Waals surface area contributed by atoms with Gasteiger partial charge in [0.25, 0.3) is 0 Å². The molecule has 0 spiro atoms. The molecule has 0 bridgehead atoms. The number of pyridine rings is 1. The number of phenolic OH excluding ortho intramolecular Hbond substituents is 1. The van der Waals surface area contributed by atoms with Gasteiger partial charge in [0, 0.05) is 40.9 Å². The number of Topliss-reactive ketones (excluding diaryl/α,β-unsaturated/α-hetero) is 1. The third-order valence-electron chi connectivity index (χ3n) is 5.35. The van der Waals surface area contributed by atoms with Crippen molar-refractivity contribution >= 4 is 22.4 Å². The molecule has 1 atom stereocenters. The number of nitrogens with zero attached hydrogens (tertiary/aromatic N) is 1. The molecule has 2 heterocycles. The maximum absolute atomic E-state index is 12.9. The fraction of sp³-hybridized carbons (Fsp3) is 0.182. The Labute approximate surface area is 151 Å². The Morgan fingerprint density at radius 3 is 2.88 bits per heavy atom. The maximum Gasteiger partial charge on any atom is 0.161 e. The number of fused-ring (bicyclic) bond motifs is 3. The number of nitrogens with one attached hydrogen (secondary N) is 1. The van der Waals surface area contributed by atoms with Crippen LogP contribution in [-0.2, 0) is 4.79 Å². The molecular weight excluding hydrogens is 324 g/mol. The minimum atomic E-state index is -0.186. The van der Waals surface area contributed by atoms with Gasteiger partial charge in [0.15, 0.2) is 5.78 Å². The Hall–Kier alpha value is -3.14. The Morgan fingerprint density at radius 1 is 1.08 bits per heavy atom. The summed E-state index contributed by atoms with van der Waals surface area (Å²) in [5.41, 5.74) is 5.79. The summed E-state index contributed by atoms with van der Waals surface area (Å²) in [6.45, 7) is 0. The van der Waals surface area contributed by atoms with Crippen molar-refractivity contribution in [3.05, 3.63) is 77.1 Å². The summed E-state index contributed by atoms with van der Waals surface area (Å²) in [5.74, 6) is 0.221.